The van der Waals surface area contributed by atoms with E-state index in [9.17, 15) is 0 Å². The van der Waals surface area contributed by atoms with Gasteiger partial charge in [-0.05, 0) is 82.6 Å². The molecule has 0 aliphatic heterocycles. The van der Waals surface area contributed by atoms with Gasteiger partial charge in [0.25, 0.3) is 0 Å². The smallest absolute Gasteiger partial charge is 0.161 e. The first-order valence-electron chi connectivity index (χ1n) is 20.8. The monoisotopic (exact) mass is 809 g/mol. The molecule has 14 rings (SSSR count). The quantitative estimate of drug-likeness (QED) is 0.178. The number of fused-ring (bicyclic) bond motifs is 13. The molecule has 62 heavy (non-hydrogen) atoms. The molecule has 0 aliphatic rings. The fourth-order valence-corrected chi connectivity index (χ4v) is 10.9. The lowest BCUT2D eigenvalue weighted by Gasteiger charge is -2.12. The van der Waals surface area contributed by atoms with Crippen molar-refractivity contribution < 1.29 is 8.83 Å². The molecule has 0 bridgehead atoms. The second-order valence-electron chi connectivity index (χ2n) is 16.0. The lowest BCUT2D eigenvalue weighted by molar-refractivity contribution is 0.666. The average Bonchev–Trinajstić information content (AvgIpc) is 4.10. The van der Waals surface area contributed by atoms with Gasteiger partial charge in [0, 0.05) is 53.5 Å². The van der Waals surface area contributed by atoms with E-state index < -0.39 is 0 Å². The summed E-state index contributed by atoms with van der Waals surface area (Å²) in [4.78, 5) is 11.2. The number of nitrogens with zero attached hydrogens (tertiary/aromatic N) is 3. The van der Waals surface area contributed by atoms with Crippen molar-refractivity contribution in [3.05, 3.63) is 188 Å². The van der Waals surface area contributed by atoms with Crippen molar-refractivity contribution >= 4 is 108 Å². The molecule has 5 aromatic heterocycles. The van der Waals surface area contributed by atoms with E-state index in [4.69, 9.17) is 18.8 Å². The van der Waals surface area contributed by atoms with Crippen molar-refractivity contribution in [3.63, 3.8) is 0 Å². The Morgan fingerprint density at radius 1 is 0.435 bits per heavy atom. The van der Waals surface area contributed by atoms with Gasteiger partial charge >= 0.3 is 0 Å². The zero-order valence-corrected chi connectivity index (χ0v) is 33.8. The molecule has 9 aromatic carbocycles. The molecular formula is C56H31N3O2S. The summed E-state index contributed by atoms with van der Waals surface area (Å²) in [6, 6.07) is 66.4. The van der Waals surface area contributed by atoms with Gasteiger partial charge in [-0.3, -0.25) is 0 Å². The molecule has 5 nitrogen and oxygen atoms in total. The maximum atomic E-state index is 6.98. The van der Waals surface area contributed by atoms with Crippen LogP contribution in [0.4, 0.5) is 0 Å². The van der Waals surface area contributed by atoms with Gasteiger partial charge in [-0.25, -0.2) is 9.97 Å². The van der Waals surface area contributed by atoms with Crippen LogP contribution in [0.3, 0.4) is 0 Å². The fourth-order valence-electron chi connectivity index (χ4n) is 9.78. The topological polar surface area (TPSA) is 57.0 Å². The Morgan fingerprint density at radius 3 is 2.02 bits per heavy atom. The van der Waals surface area contributed by atoms with Crippen LogP contribution in [0.15, 0.2) is 197 Å². The van der Waals surface area contributed by atoms with Gasteiger partial charge in [0.05, 0.1) is 32.6 Å². The van der Waals surface area contributed by atoms with Crippen LogP contribution < -0.4 is 0 Å². The van der Waals surface area contributed by atoms with Gasteiger partial charge < -0.3 is 13.4 Å². The maximum Gasteiger partial charge on any atom is 0.161 e. The van der Waals surface area contributed by atoms with Crippen molar-refractivity contribution in [2.24, 2.45) is 0 Å². The van der Waals surface area contributed by atoms with Gasteiger partial charge in [-0.1, -0.05) is 127 Å². The van der Waals surface area contributed by atoms with Gasteiger partial charge in [-0.15, -0.1) is 11.3 Å². The molecule has 5 heterocycles. The normalized spacial score (nSPS) is 12.2. The Bertz CT molecular complexity index is 4170. The van der Waals surface area contributed by atoms with Crippen LogP contribution in [0.1, 0.15) is 0 Å². The summed E-state index contributed by atoms with van der Waals surface area (Å²) in [5.41, 5.74) is 12.4. The van der Waals surface area contributed by atoms with Crippen molar-refractivity contribution in [3.8, 4) is 39.5 Å². The summed E-state index contributed by atoms with van der Waals surface area (Å²) in [5, 5.41) is 10.0. The first kappa shape index (κ1) is 33.7. The van der Waals surface area contributed by atoms with Crippen molar-refractivity contribution in [2.75, 3.05) is 0 Å². The Balaban J connectivity index is 1.09. The Morgan fingerprint density at radius 2 is 1.15 bits per heavy atom. The summed E-state index contributed by atoms with van der Waals surface area (Å²) < 4.78 is 18.2. The highest BCUT2D eigenvalue weighted by atomic mass is 32.1. The third kappa shape index (κ3) is 4.78. The number of hydrogen-bond donors (Lipinski definition) is 0. The molecule has 0 fully saturated rings. The summed E-state index contributed by atoms with van der Waals surface area (Å²) in [7, 11) is 0. The average molecular weight is 810 g/mol. The van der Waals surface area contributed by atoms with E-state index in [1.807, 2.05) is 18.2 Å². The van der Waals surface area contributed by atoms with E-state index >= 15 is 0 Å². The molecule has 0 atom stereocenters. The molecule has 0 spiro atoms. The highest BCUT2D eigenvalue weighted by Crippen LogP contribution is 2.47. The van der Waals surface area contributed by atoms with E-state index in [2.05, 4.69) is 174 Å². The lowest BCUT2D eigenvalue weighted by atomic mass is 10.0. The molecule has 0 unspecified atom stereocenters. The number of para-hydroxylation sites is 4. The molecule has 288 valence electrons. The molecule has 0 aliphatic carbocycles. The standard InChI is InChI=1S/C56H31N3O2S/c1-2-13-32(14-3-1)35-25-28-49-43(30-35)52-55(62-49)51(41-21-12-20-38-37-18-7-10-23-47(37)60-53(38)41)57-56(58-52)40-26-27-45(54-50(40)39-19-8-11-24-48(39)61-54)59-44-22-9-6-17-36(44)42-29-33-15-4-5-16-34(33)31-46(42)59/h1-31H. The first-order valence-corrected chi connectivity index (χ1v) is 21.6. The number of thiophene rings is 1. The van der Waals surface area contributed by atoms with Crippen molar-refractivity contribution in [1.82, 2.24) is 14.5 Å². The van der Waals surface area contributed by atoms with Crippen LogP contribution in [0.25, 0.3) is 136 Å². The molecule has 14 aromatic rings. The number of benzene rings is 9. The minimum Gasteiger partial charge on any atom is -0.455 e. The molecule has 6 heteroatoms. The van der Waals surface area contributed by atoms with Crippen LogP contribution in [0, 0.1) is 0 Å². The lowest BCUT2D eigenvalue weighted by Crippen LogP contribution is -1.98. The van der Waals surface area contributed by atoms with Crippen LogP contribution in [-0.2, 0) is 0 Å². The van der Waals surface area contributed by atoms with Gasteiger partial charge in [0.1, 0.15) is 16.7 Å². The van der Waals surface area contributed by atoms with Gasteiger partial charge in [0.15, 0.2) is 11.4 Å². The molecule has 0 saturated carbocycles. The highest BCUT2D eigenvalue weighted by Gasteiger charge is 2.25. The zero-order valence-electron chi connectivity index (χ0n) is 33.0. The van der Waals surface area contributed by atoms with Gasteiger partial charge in [-0.2, -0.15) is 0 Å². The molecular weight excluding hydrogens is 779 g/mol. The number of furan rings is 2. The molecule has 0 saturated heterocycles. The van der Waals surface area contributed by atoms with Crippen molar-refractivity contribution in [1.29, 1.82) is 0 Å². The minimum absolute atomic E-state index is 0.627. The molecule has 0 amide bonds. The SMILES string of the molecule is c1ccc(-c2ccc3sc4c(-c5cccc6c5oc5ccccc56)nc(-c5ccc(-n6c7ccccc7c7cc8ccccc8cc76)c6oc7ccccc7c56)nc4c3c2)cc1. The van der Waals surface area contributed by atoms with E-state index in [1.54, 1.807) is 11.3 Å². The third-order valence-corrected chi connectivity index (χ3v) is 13.8. The van der Waals surface area contributed by atoms with E-state index in [1.165, 1.54) is 21.5 Å². The number of rotatable bonds is 4. The second kappa shape index (κ2) is 12.7. The zero-order chi connectivity index (χ0) is 40.5. The summed E-state index contributed by atoms with van der Waals surface area (Å²) in [5.74, 6) is 0.627. The summed E-state index contributed by atoms with van der Waals surface area (Å²) in [6.07, 6.45) is 0. The van der Waals surface area contributed by atoms with Crippen LogP contribution in [-0.4, -0.2) is 14.5 Å². The predicted molar refractivity (Wildman–Crippen MR) is 258 cm³/mol. The van der Waals surface area contributed by atoms with E-state index in [0.717, 1.165) is 109 Å². The summed E-state index contributed by atoms with van der Waals surface area (Å²) in [6.45, 7) is 0. The Kier molecular flexibility index (Phi) is 6.92. The Labute approximate surface area is 357 Å². The van der Waals surface area contributed by atoms with Crippen LogP contribution in [0.2, 0.25) is 0 Å². The molecule has 0 radical (unpaired) electrons. The van der Waals surface area contributed by atoms with Crippen LogP contribution >= 0.6 is 11.3 Å². The highest BCUT2D eigenvalue weighted by molar-refractivity contribution is 7.26. The first-order chi connectivity index (χ1) is 30.7. The van der Waals surface area contributed by atoms with E-state index in [0.29, 0.717) is 5.82 Å². The third-order valence-electron chi connectivity index (χ3n) is 12.6. The number of aromatic nitrogens is 3. The van der Waals surface area contributed by atoms with Crippen molar-refractivity contribution in [2.45, 2.75) is 0 Å². The van der Waals surface area contributed by atoms with Gasteiger partial charge in [0.2, 0.25) is 0 Å². The van der Waals surface area contributed by atoms with E-state index in [-0.39, 0.29) is 0 Å². The predicted octanol–water partition coefficient (Wildman–Crippen LogP) is 15.9. The van der Waals surface area contributed by atoms with Crippen LogP contribution in [0.5, 0.6) is 0 Å². The maximum absolute atomic E-state index is 6.98. The molecule has 0 N–H and O–H groups in total. The largest absolute Gasteiger partial charge is 0.455 e. The minimum atomic E-state index is 0.627. The second-order valence-corrected chi connectivity index (χ2v) is 17.1. The Hall–Kier alpha value is -8.06. The number of hydrogen-bond acceptors (Lipinski definition) is 5. The summed E-state index contributed by atoms with van der Waals surface area (Å²) >= 11 is 1.73. The fraction of sp³-hybridized carbons (Fsp3) is 0.